The fraction of sp³-hybridized carbons (Fsp3) is 0.889. The van der Waals surface area contributed by atoms with Crippen LogP contribution >= 0.6 is 0 Å². The molecule has 1 N–H and O–H groups in total. The second-order valence-electron chi connectivity index (χ2n) is 12.1. The van der Waals surface area contributed by atoms with Gasteiger partial charge in [0.15, 0.2) is 17.7 Å². The molecule has 2 aliphatic heterocycles. The first kappa shape index (κ1) is 22.5. The Morgan fingerprint density at radius 3 is 2.52 bits per heavy atom. The Hall–Kier alpha value is -0.950. The fourth-order valence-electron chi connectivity index (χ4n) is 8.97. The van der Waals surface area contributed by atoms with Crippen LogP contribution in [-0.4, -0.2) is 48.6 Å². The largest absolute Gasteiger partial charge is 0.479 e. The number of fused-ring (bicyclic) bond motifs is 5. The van der Waals surface area contributed by atoms with Crippen molar-refractivity contribution in [1.29, 1.82) is 0 Å². The van der Waals surface area contributed by atoms with E-state index in [9.17, 15) is 9.90 Å². The maximum Gasteiger partial charge on any atom is 0.336 e. The highest BCUT2D eigenvalue weighted by Gasteiger charge is 2.68. The van der Waals surface area contributed by atoms with E-state index in [1.807, 2.05) is 0 Å². The third-order valence-corrected chi connectivity index (χ3v) is 10.9. The van der Waals surface area contributed by atoms with Gasteiger partial charge in [0.05, 0.1) is 13.2 Å². The number of carboxylic acid groups (broad SMARTS) is 1. The molecule has 0 bridgehead atoms. The van der Waals surface area contributed by atoms with Crippen LogP contribution in [0.4, 0.5) is 0 Å². The molecule has 7 atom stereocenters. The van der Waals surface area contributed by atoms with E-state index in [0.717, 1.165) is 64.2 Å². The van der Waals surface area contributed by atoms with Gasteiger partial charge in [-0.1, -0.05) is 25.5 Å². The van der Waals surface area contributed by atoms with Crippen molar-refractivity contribution in [2.75, 3.05) is 19.8 Å². The first-order chi connectivity index (χ1) is 15.8. The molecule has 5 fully saturated rings. The normalized spacial score (nSPS) is 48.6. The standard InChI is InChI=1S/C27H40O6/c1-24-12-13-26(31-15-16-32-26)17-18(24)6-7-19-20(24)8-10-25(2)21(19)9-11-27(25,23(28)29)33-22-5-3-4-14-30-22/h6,19-22H,3-5,7-17H2,1-2H3,(H,28,29)/t19?,20?,21?,22?,24-,25-,27-/m0/s1. The van der Waals surface area contributed by atoms with Gasteiger partial charge in [0.25, 0.3) is 0 Å². The number of ether oxygens (including phenoxy) is 4. The predicted octanol–water partition coefficient (Wildman–Crippen LogP) is 5.06. The first-order valence-corrected chi connectivity index (χ1v) is 13.3. The van der Waals surface area contributed by atoms with Crippen molar-refractivity contribution in [3.8, 4) is 0 Å². The van der Waals surface area contributed by atoms with Gasteiger partial charge in [0.1, 0.15) is 0 Å². The van der Waals surface area contributed by atoms with E-state index in [1.165, 1.54) is 5.57 Å². The van der Waals surface area contributed by atoms with Gasteiger partial charge in [-0.15, -0.1) is 0 Å². The van der Waals surface area contributed by atoms with Crippen molar-refractivity contribution < 1.29 is 28.8 Å². The highest BCUT2D eigenvalue weighted by molar-refractivity contribution is 5.79. The Morgan fingerprint density at radius 2 is 1.79 bits per heavy atom. The maximum absolute atomic E-state index is 12.8. The van der Waals surface area contributed by atoms with Gasteiger partial charge < -0.3 is 24.1 Å². The highest BCUT2D eigenvalue weighted by Crippen LogP contribution is 2.68. The molecule has 4 unspecified atom stereocenters. The summed E-state index contributed by atoms with van der Waals surface area (Å²) >= 11 is 0. The average molecular weight is 461 g/mol. The number of carboxylic acids is 1. The van der Waals surface area contributed by atoms with Crippen molar-refractivity contribution in [2.24, 2.45) is 28.6 Å². The van der Waals surface area contributed by atoms with Crippen molar-refractivity contribution in [2.45, 2.75) is 102 Å². The molecule has 6 heteroatoms. The van der Waals surface area contributed by atoms with Crippen LogP contribution in [0.1, 0.15) is 84.5 Å². The second kappa shape index (κ2) is 7.78. The van der Waals surface area contributed by atoms with Gasteiger partial charge in [0.2, 0.25) is 0 Å². The molecular formula is C27H40O6. The van der Waals surface area contributed by atoms with Gasteiger partial charge in [-0.3, -0.25) is 0 Å². The van der Waals surface area contributed by atoms with E-state index in [1.54, 1.807) is 0 Å². The first-order valence-electron chi connectivity index (χ1n) is 13.3. The zero-order valence-corrected chi connectivity index (χ0v) is 20.3. The van der Waals surface area contributed by atoms with Crippen molar-refractivity contribution in [3.63, 3.8) is 0 Å². The monoisotopic (exact) mass is 460 g/mol. The summed E-state index contributed by atoms with van der Waals surface area (Å²) in [5.41, 5.74) is 0.218. The fourth-order valence-corrected chi connectivity index (χ4v) is 8.97. The molecule has 2 heterocycles. The number of rotatable bonds is 3. The summed E-state index contributed by atoms with van der Waals surface area (Å²) in [5.74, 6) is 0.328. The minimum absolute atomic E-state index is 0.173. The SMILES string of the molecule is C[C@]12CCC3(CC1=CCC1C2CC[C@@]2(C)C1CC[C@]2(OC1CCCCO1)C(=O)O)OCCO3. The maximum atomic E-state index is 12.8. The lowest BCUT2D eigenvalue weighted by molar-refractivity contribution is -0.262. The zero-order chi connectivity index (χ0) is 22.9. The molecule has 0 amide bonds. The van der Waals surface area contributed by atoms with Gasteiger partial charge in [-0.05, 0) is 81.0 Å². The van der Waals surface area contributed by atoms with Crippen LogP contribution in [0.15, 0.2) is 11.6 Å². The Labute approximate surface area is 197 Å². The summed E-state index contributed by atoms with van der Waals surface area (Å²) in [6.07, 6.45) is 12.5. The summed E-state index contributed by atoms with van der Waals surface area (Å²) in [7, 11) is 0. The molecule has 1 spiro atoms. The van der Waals surface area contributed by atoms with Crippen LogP contribution in [0.25, 0.3) is 0 Å². The van der Waals surface area contributed by atoms with E-state index in [0.29, 0.717) is 44.0 Å². The summed E-state index contributed by atoms with van der Waals surface area (Å²) < 4.78 is 24.5. The van der Waals surface area contributed by atoms with Crippen LogP contribution in [0.2, 0.25) is 0 Å². The van der Waals surface area contributed by atoms with Crippen molar-refractivity contribution in [3.05, 3.63) is 11.6 Å². The molecule has 3 saturated carbocycles. The number of allylic oxidation sites excluding steroid dienone is 1. The molecule has 2 saturated heterocycles. The molecule has 6 aliphatic rings. The predicted molar refractivity (Wildman–Crippen MR) is 121 cm³/mol. The van der Waals surface area contributed by atoms with E-state index in [-0.39, 0.29) is 22.9 Å². The van der Waals surface area contributed by atoms with Gasteiger partial charge in [0, 0.05) is 24.9 Å². The number of hydrogen-bond donors (Lipinski definition) is 1. The van der Waals surface area contributed by atoms with Gasteiger partial charge >= 0.3 is 5.97 Å². The third-order valence-electron chi connectivity index (χ3n) is 10.9. The number of carbonyl (C=O) groups is 1. The number of aliphatic carboxylic acids is 1. The minimum atomic E-state index is -1.13. The molecular weight excluding hydrogens is 420 g/mol. The molecule has 0 radical (unpaired) electrons. The van der Waals surface area contributed by atoms with Gasteiger partial charge in [-0.2, -0.15) is 0 Å². The van der Waals surface area contributed by atoms with Crippen molar-refractivity contribution in [1.82, 2.24) is 0 Å². The topological polar surface area (TPSA) is 74.2 Å². The van der Waals surface area contributed by atoms with Crippen molar-refractivity contribution >= 4 is 5.97 Å². The summed E-state index contributed by atoms with van der Waals surface area (Å²) in [6, 6.07) is 0. The Bertz CT molecular complexity index is 826. The van der Waals surface area contributed by atoms with E-state index in [4.69, 9.17) is 18.9 Å². The second-order valence-corrected chi connectivity index (χ2v) is 12.1. The van der Waals surface area contributed by atoms with Gasteiger partial charge in [-0.25, -0.2) is 4.79 Å². The Kier molecular flexibility index (Phi) is 5.30. The molecule has 0 aromatic carbocycles. The van der Waals surface area contributed by atoms with E-state index >= 15 is 0 Å². The smallest absolute Gasteiger partial charge is 0.336 e. The molecule has 0 aromatic rings. The van der Waals surface area contributed by atoms with Crippen LogP contribution in [0, 0.1) is 28.6 Å². The number of hydrogen-bond acceptors (Lipinski definition) is 5. The molecule has 0 aromatic heterocycles. The molecule has 33 heavy (non-hydrogen) atoms. The summed E-state index contributed by atoms with van der Waals surface area (Å²) in [4.78, 5) is 12.8. The average Bonchev–Trinajstić information content (AvgIpc) is 3.38. The quantitative estimate of drug-likeness (QED) is 0.594. The lowest BCUT2D eigenvalue weighted by Gasteiger charge is -2.59. The molecule has 4 aliphatic carbocycles. The minimum Gasteiger partial charge on any atom is -0.479 e. The van der Waals surface area contributed by atoms with E-state index < -0.39 is 11.6 Å². The molecule has 6 nitrogen and oxygen atoms in total. The van der Waals surface area contributed by atoms with Crippen LogP contribution in [0.5, 0.6) is 0 Å². The summed E-state index contributed by atoms with van der Waals surface area (Å²) in [6.45, 7) is 6.77. The molecule has 6 rings (SSSR count). The zero-order valence-electron chi connectivity index (χ0n) is 20.3. The van der Waals surface area contributed by atoms with Crippen LogP contribution in [-0.2, 0) is 23.7 Å². The van der Waals surface area contributed by atoms with Crippen LogP contribution in [0.3, 0.4) is 0 Å². The van der Waals surface area contributed by atoms with Crippen LogP contribution < -0.4 is 0 Å². The summed E-state index contributed by atoms with van der Waals surface area (Å²) in [5, 5.41) is 10.5. The lowest BCUT2D eigenvalue weighted by Crippen LogP contribution is -2.60. The Morgan fingerprint density at radius 1 is 1.00 bits per heavy atom. The molecule has 184 valence electrons. The third kappa shape index (κ3) is 3.16. The lowest BCUT2D eigenvalue weighted by atomic mass is 9.46. The Balaban J connectivity index is 1.28. The van der Waals surface area contributed by atoms with E-state index in [2.05, 4.69) is 19.9 Å². The highest BCUT2D eigenvalue weighted by atomic mass is 16.7.